The Bertz CT molecular complexity index is 129. The van der Waals surface area contributed by atoms with Crippen LogP contribution in [0.2, 0.25) is 0 Å². The average molecular weight is 183 g/mol. The molecule has 0 rings (SSSR count). The predicted molar refractivity (Wildman–Crippen MR) is 40.7 cm³/mol. The molecular weight excluding hydrogens is 169 g/mol. The van der Waals surface area contributed by atoms with E-state index in [9.17, 15) is 13.2 Å². The van der Waals surface area contributed by atoms with Crippen molar-refractivity contribution in [2.75, 3.05) is 6.61 Å². The summed E-state index contributed by atoms with van der Waals surface area (Å²) in [6.07, 6.45) is -3.13. The maximum Gasteiger partial charge on any atom is 0.411 e. The smallest absolute Gasteiger partial charge is 0.366 e. The van der Waals surface area contributed by atoms with E-state index in [4.69, 9.17) is 0 Å². The van der Waals surface area contributed by atoms with Gasteiger partial charge in [0.2, 0.25) is 0 Å². The predicted octanol–water partition coefficient (Wildman–Crippen LogP) is 2.96. The first kappa shape index (κ1) is 11.8. The first-order chi connectivity index (χ1) is 5.27. The minimum absolute atomic E-state index is 0.531. The van der Waals surface area contributed by atoms with Gasteiger partial charge in [0, 0.05) is 0 Å². The molecule has 0 saturated heterocycles. The molecule has 0 unspecified atom stereocenters. The second-order valence-electron chi connectivity index (χ2n) is 3.27. The zero-order valence-corrected chi connectivity index (χ0v) is 7.37. The fraction of sp³-hybridized carbons (Fsp3) is 0.875. The van der Waals surface area contributed by atoms with E-state index in [2.05, 4.69) is 11.7 Å². The highest BCUT2D eigenvalue weighted by Gasteiger charge is 2.31. The molecule has 4 heteroatoms. The monoisotopic (exact) mass is 183 g/mol. The first-order valence-electron chi connectivity index (χ1n) is 3.77. The molecule has 1 radical (unpaired) electrons. The molecule has 0 aromatic heterocycles. The van der Waals surface area contributed by atoms with Crippen molar-refractivity contribution < 1.29 is 17.9 Å². The van der Waals surface area contributed by atoms with Crippen molar-refractivity contribution in [3.05, 3.63) is 6.92 Å². The number of ether oxygens (including phenoxy) is 1. The molecule has 0 N–H and O–H groups in total. The zero-order chi connectivity index (χ0) is 9.83. The van der Waals surface area contributed by atoms with E-state index < -0.39 is 18.4 Å². The second kappa shape index (κ2) is 4.12. The lowest BCUT2D eigenvalue weighted by Gasteiger charge is -2.25. The van der Waals surface area contributed by atoms with Crippen LogP contribution in [0.1, 0.15) is 26.7 Å². The van der Waals surface area contributed by atoms with Crippen LogP contribution in [0.25, 0.3) is 0 Å². The van der Waals surface area contributed by atoms with Crippen LogP contribution >= 0.6 is 0 Å². The lowest BCUT2D eigenvalue weighted by atomic mass is 10.0. The number of alkyl halides is 3. The summed E-state index contributed by atoms with van der Waals surface area (Å²) in [6.45, 7) is 5.63. The fourth-order valence-corrected chi connectivity index (χ4v) is 0.775. The van der Waals surface area contributed by atoms with E-state index in [1.165, 1.54) is 0 Å². The van der Waals surface area contributed by atoms with Crippen LogP contribution in [0.4, 0.5) is 13.2 Å². The molecule has 0 fully saturated rings. The van der Waals surface area contributed by atoms with E-state index in [0.717, 1.165) is 0 Å². The van der Waals surface area contributed by atoms with Crippen molar-refractivity contribution in [3.8, 4) is 0 Å². The highest BCUT2D eigenvalue weighted by molar-refractivity contribution is 4.69. The van der Waals surface area contributed by atoms with Crippen LogP contribution in [-0.4, -0.2) is 18.4 Å². The lowest BCUT2D eigenvalue weighted by molar-refractivity contribution is -0.200. The Morgan fingerprint density at radius 2 is 1.75 bits per heavy atom. The Morgan fingerprint density at radius 1 is 1.25 bits per heavy atom. The number of hydrogen-bond donors (Lipinski definition) is 0. The van der Waals surface area contributed by atoms with Gasteiger partial charge in [-0.15, -0.1) is 0 Å². The number of hydrogen-bond acceptors (Lipinski definition) is 1. The summed E-state index contributed by atoms with van der Waals surface area (Å²) < 4.78 is 39.7. The van der Waals surface area contributed by atoms with Crippen LogP contribution in [0, 0.1) is 6.92 Å². The minimum Gasteiger partial charge on any atom is -0.366 e. The Labute approximate surface area is 70.9 Å². The summed E-state index contributed by atoms with van der Waals surface area (Å²) in [5.74, 6) is 0. The van der Waals surface area contributed by atoms with Crippen LogP contribution in [0.3, 0.4) is 0 Å². The van der Waals surface area contributed by atoms with Gasteiger partial charge < -0.3 is 4.74 Å². The molecule has 0 saturated carbocycles. The maximum atomic E-state index is 11.7. The Balaban J connectivity index is 3.75. The molecular formula is C8H14F3O. The average Bonchev–Trinajstić information content (AvgIpc) is 1.83. The summed E-state index contributed by atoms with van der Waals surface area (Å²) in [5, 5.41) is 0. The normalized spacial score (nSPS) is 13.5. The van der Waals surface area contributed by atoms with Crippen molar-refractivity contribution in [2.45, 2.75) is 38.5 Å². The molecule has 0 heterocycles. The van der Waals surface area contributed by atoms with Crippen LogP contribution in [-0.2, 0) is 4.74 Å². The van der Waals surface area contributed by atoms with Gasteiger partial charge in [0.25, 0.3) is 0 Å². The first-order valence-corrected chi connectivity index (χ1v) is 3.77. The quantitative estimate of drug-likeness (QED) is 0.651. The lowest BCUT2D eigenvalue weighted by Crippen LogP contribution is -2.30. The second-order valence-corrected chi connectivity index (χ2v) is 3.27. The van der Waals surface area contributed by atoms with E-state index in [1.54, 1.807) is 13.8 Å². The van der Waals surface area contributed by atoms with Crippen molar-refractivity contribution in [3.63, 3.8) is 0 Å². The third kappa shape index (κ3) is 6.46. The van der Waals surface area contributed by atoms with Gasteiger partial charge in [-0.1, -0.05) is 13.3 Å². The van der Waals surface area contributed by atoms with Crippen LogP contribution < -0.4 is 0 Å². The van der Waals surface area contributed by atoms with Crippen molar-refractivity contribution >= 4 is 0 Å². The Hall–Kier alpha value is -0.250. The number of halogens is 3. The van der Waals surface area contributed by atoms with Gasteiger partial charge in [-0.05, 0) is 20.3 Å². The molecule has 0 aromatic carbocycles. The maximum absolute atomic E-state index is 11.7. The molecule has 0 aliphatic heterocycles. The van der Waals surface area contributed by atoms with Gasteiger partial charge in [-0.2, -0.15) is 13.2 Å². The van der Waals surface area contributed by atoms with Crippen LogP contribution in [0.15, 0.2) is 0 Å². The molecule has 0 bridgehead atoms. The standard InChI is InChI=1S/C8H14F3O/c1-4-5-7(2,3)12-6-8(9,10)11/h1,4-6H2,2-3H3. The highest BCUT2D eigenvalue weighted by Crippen LogP contribution is 2.22. The largest absolute Gasteiger partial charge is 0.411 e. The summed E-state index contributed by atoms with van der Waals surface area (Å²) >= 11 is 0. The zero-order valence-electron chi connectivity index (χ0n) is 7.37. The van der Waals surface area contributed by atoms with Gasteiger partial charge >= 0.3 is 6.18 Å². The number of rotatable bonds is 4. The molecule has 0 amide bonds. The van der Waals surface area contributed by atoms with Gasteiger partial charge in [0.1, 0.15) is 6.61 Å². The molecule has 0 atom stereocenters. The van der Waals surface area contributed by atoms with E-state index in [-0.39, 0.29) is 0 Å². The molecule has 0 aliphatic carbocycles. The summed E-state index contributed by atoms with van der Waals surface area (Å²) in [5.41, 5.74) is -0.725. The molecule has 0 spiro atoms. The van der Waals surface area contributed by atoms with Gasteiger partial charge in [0.15, 0.2) is 0 Å². The molecule has 0 aromatic rings. The fourth-order valence-electron chi connectivity index (χ4n) is 0.775. The third-order valence-electron chi connectivity index (χ3n) is 1.41. The molecule has 12 heavy (non-hydrogen) atoms. The van der Waals surface area contributed by atoms with E-state index in [1.807, 2.05) is 0 Å². The summed E-state index contributed by atoms with van der Waals surface area (Å²) in [4.78, 5) is 0. The SMILES string of the molecule is [CH2]CCC(C)(C)OCC(F)(F)F. The van der Waals surface area contributed by atoms with Crippen molar-refractivity contribution in [2.24, 2.45) is 0 Å². The van der Waals surface area contributed by atoms with Crippen molar-refractivity contribution in [1.82, 2.24) is 0 Å². The van der Waals surface area contributed by atoms with Gasteiger partial charge in [-0.3, -0.25) is 0 Å². The minimum atomic E-state index is -4.24. The third-order valence-corrected chi connectivity index (χ3v) is 1.41. The van der Waals surface area contributed by atoms with Crippen LogP contribution in [0.5, 0.6) is 0 Å². The Kier molecular flexibility index (Phi) is 4.03. The summed E-state index contributed by atoms with van der Waals surface area (Å²) in [7, 11) is 0. The molecule has 1 nitrogen and oxygen atoms in total. The molecule has 0 aliphatic rings. The van der Waals surface area contributed by atoms with Gasteiger partial charge in [0.05, 0.1) is 5.60 Å². The topological polar surface area (TPSA) is 9.23 Å². The van der Waals surface area contributed by atoms with Gasteiger partial charge in [-0.25, -0.2) is 0 Å². The Morgan fingerprint density at radius 3 is 2.08 bits per heavy atom. The summed E-state index contributed by atoms with van der Waals surface area (Å²) in [6, 6.07) is 0. The van der Waals surface area contributed by atoms with E-state index in [0.29, 0.717) is 12.8 Å². The van der Waals surface area contributed by atoms with E-state index >= 15 is 0 Å². The molecule has 73 valence electrons. The van der Waals surface area contributed by atoms with Crippen molar-refractivity contribution in [1.29, 1.82) is 0 Å². The highest BCUT2D eigenvalue weighted by atomic mass is 19.4.